The molecule has 8 nitrogen and oxygen atoms in total. The number of imide groups is 1. The van der Waals surface area contributed by atoms with Gasteiger partial charge in [-0.15, -0.1) is 0 Å². The van der Waals surface area contributed by atoms with Gasteiger partial charge in [0.1, 0.15) is 6.04 Å². The zero-order valence-corrected chi connectivity index (χ0v) is 16.3. The molecule has 0 saturated carbocycles. The summed E-state index contributed by atoms with van der Waals surface area (Å²) in [6.45, 7) is 0.0966. The Morgan fingerprint density at radius 1 is 0.968 bits per heavy atom. The molecule has 2 saturated heterocycles. The number of Topliss-reactive ketones (excluding diaryl/α,β-unsaturated/α-hetero) is 1. The van der Waals surface area contributed by atoms with E-state index in [-0.39, 0.29) is 18.5 Å². The molecule has 4 heterocycles. The van der Waals surface area contributed by atoms with Crippen LogP contribution < -0.4 is 14.4 Å². The second kappa shape index (κ2) is 6.53. The van der Waals surface area contributed by atoms with Gasteiger partial charge in [-0.2, -0.15) is 5.10 Å². The van der Waals surface area contributed by atoms with E-state index in [1.807, 2.05) is 12.1 Å². The highest BCUT2D eigenvalue weighted by Crippen LogP contribution is 2.47. The SMILES string of the molecule is O=C(c1ccccc1)[C@H]1[C@H]2C(=O)N(c3ccc4c(c3)OCO4)C(=O)[C@H]2[C@@H]2C=CC=NN21. The molecular formula is C23H17N3O5. The van der Waals surface area contributed by atoms with Crippen molar-refractivity contribution in [1.82, 2.24) is 5.01 Å². The van der Waals surface area contributed by atoms with Crippen LogP contribution in [0.3, 0.4) is 0 Å². The Kier molecular flexibility index (Phi) is 3.77. The maximum absolute atomic E-state index is 13.6. The summed E-state index contributed by atoms with van der Waals surface area (Å²) < 4.78 is 10.7. The van der Waals surface area contributed by atoms with Crippen molar-refractivity contribution in [2.45, 2.75) is 12.1 Å². The average Bonchev–Trinajstić information content (AvgIpc) is 3.47. The van der Waals surface area contributed by atoms with Crippen molar-refractivity contribution in [3.05, 3.63) is 66.2 Å². The highest BCUT2D eigenvalue weighted by molar-refractivity contribution is 6.24. The number of ether oxygens (including phenoxy) is 2. The van der Waals surface area contributed by atoms with Crippen molar-refractivity contribution in [3.63, 3.8) is 0 Å². The summed E-state index contributed by atoms with van der Waals surface area (Å²) in [4.78, 5) is 41.6. The first kappa shape index (κ1) is 17.9. The second-order valence-electron chi connectivity index (χ2n) is 7.80. The van der Waals surface area contributed by atoms with Crippen LogP contribution in [-0.4, -0.2) is 47.7 Å². The minimum atomic E-state index is -0.853. The number of rotatable bonds is 3. The Morgan fingerprint density at radius 3 is 2.58 bits per heavy atom. The highest BCUT2D eigenvalue weighted by atomic mass is 16.7. The number of hydrogen-bond acceptors (Lipinski definition) is 7. The average molecular weight is 415 g/mol. The molecule has 4 aliphatic rings. The second-order valence-corrected chi connectivity index (χ2v) is 7.80. The molecule has 4 atom stereocenters. The molecule has 2 fully saturated rings. The lowest BCUT2D eigenvalue weighted by atomic mass is 9.86. The minimum Gasteiger partial charge on any atom is -0.454 e. The van der Waals surface area contributed by atoms with Gasteiger partial charge in [-0.3, -0.25) is 19.4 Å². The van der Waals surface area contributed by atoms with E-state index in [0.29, 0.717) is 22.7 Å². The Bertz CT molecular complexity index is 1170. The van der Waals surface area contributed by atoms with Crippen molar-refractivity contribution < 1.29 is 23.9 Å². The first-order valence-electron chi connectivity index (χ1n) is 10.0. The normalized spacial score (nSPS) is 27.6. The molecule has 0 aliphatic carbocycles. The van der Waals surface area contributed by atoms with Gasteiger partial charge in [0.15, 0.2) is 17.3 Å². The molecule has 0 aromatic heterocycles. The number of allylic oxidation sites excluding steroid dienone is 1. The molecule has 8 heteroatoms. The topological polar surface area (TPSA) is 88.5 Å². The van der Waals surface area contributed by atoms with Crippen molar-refractivity contribution in [3.8, 4) is 11.5 Å². The molecule has 0 spiro atoms. The molecule has 0 bridgehead atoms. The summed E-state index contributed by atoms with van der Waals surface area (Å²) in [5.41, 5.74) is 0.896. The van der Waals surface area contributed by atoms with Crippen LogP contribution in [0.25, 0.3) is 0 Å². The molecule has 2 aromatic carbocycles. The first-order chi connectivity index (χ1) is 15.1. The van der Waals surface area contributed by atoms with E-state index in [2.05, 4.69) is 5.10 Å². The predicted octanol–water partition coefficient (Wildman–Crippen LogP) is 2.01. The van der Waals surface area contributed by atoms with Gasteiger partial charge < -0.3 is 9.47 Å². The number of nitrogens with zero attached hydrogens (tertiary/aromatic N) is 3. The van der Waals surface area contributed by atoms with E-state index in [4.69, 9.17) is 9.47 Å². The summed E-state index contributed by atoms with van der Waals surface area (Å²) >= 11 is 0. The Labute approximate surface area is 177 Å². The van der Waals surface area contributed by atoms with Crippen LogP contribution in [-0.2, 0) is 9.59 Å². The Morgan fingerprint density at radius 2 is 1.74 bits per heavy atom. The molecule has 0 N–H and O–H groups in total. The summed E-state index contributed by atoms with van der Waals surface area (Å²) in [5.74, 6) is -1.43. The number of benzene rings is 2. The molecule has 0 unspecified atom stereocenters. The van der Waals surface area contributed by atoms with E-state index >= 15 is 0 Å². The highest BCUT2D eigenvalue weighted by Gasteiger charge is 2.64. The van der Waals surface area contributed by atoms with Crippen LogP contribution >= 0.6 is 0 Å². The summed E-state index contributed by atoms with van der Waals surface area (Å²) in [5, 5.41) is 5.97. The molecule has 31 heavy (non-hydrogen) atoms. The van der Waals surface area contributed by atoms with E-state index in [0.717, 1.165) is 0 Å². The molecule has 2 amide bonds. The van der Waals surface area contributed by atoms with Gasteiger partial charge in [-0.25, -0.2) is 4.90 Å². The smallest absolute Gasteiger partial charge is 0.240 e. The van der Waals surface area contributed by atoms with Crippen LogP contribution in [0.1, 0.15) is 10.4 Å². The van der Waals surface area contributed by atoms with Gasteiger partial charge in [0.2, 0.25) is 18.6 Å². The number of hydrazone groups is 1. The number of anilines is 1. The van der Waals surface area contributed by atoms with E-state index in [9.17, 15) is 14.4 Å². The number of amides is 2. The lowest BCUT2D eigenvalue weighted by Crippen LogP contribution is -2.46. The molecule has 2 aromatic rings. The maximum Gasteiger partial charge on any atom is 0.240 e. The predicted molar refractivity (Wildman–Crippen MR) is 110 cm³/mol. The standard InChI is InChI=1S/C23H17N3O5/c27-21(13-5-2-1-3-6-13)20-19-18(15-7-4-10-24-26(15)20)22(28)25(23(19)29)14-8-9-16-17(11-14)31-12-30-16/h1-11,15,18-20H,12H2/t15-,18-,19-,20+/m0/s1. The summed E-state index contributed by atoms with van der Waals surface area (Å²) in [6.07, 6.45) is 5.15. The van der Waals surface area contributed by atoms with Crippen molar-refractivity contribution in [2.75, 3.05) is 11.7 Å². The molecule has 154 valence electrons. The number of carbonyl (C=O) groups excluding carboxylic acids is 3. The minimum absolute atomic E-state index is 0.0966. The fourth-order valence-corrected chi connectivity index (χ4v) is 4.89. The third-order valence-electron chi connectivity index (χ3n) is 6.23. The van der Waals surface area contributed by atoms with Gasteiger partial charge >= 0.3 is 0 Å². The molecule has 0 radical (unpaired) electrons. The zero-order valence-electron chi connectivity index (χ0n) is 16.3. The van der Waals surface area contributed by atoms with Crippen LogP contribution in [0, 0.1) is 11.8 Å². The third-order valence-corrected chi connectivity index (χ3v) is 6.23. The largest absolute Gasteiger partial charge is 0.454 e. The first-order valence-corrected chi connectivity index (χ1v) is 10.0. The number of hydrogen-bond donors (Lipinski definition) is 0. The Balaban J connectivity index is 1.42. The Hall–Kier alpha value is -3.94. The molecule has 6 rings (SSSR count). The lowest BCUT2D eigenvalue weighted by Gasteiger charge is -2.30. The van der Waals surface area contributed by atoms with Crippen LogP contribution in [0.15, 0.2) is 65.8 Å². The van der Waals surface area contributed by atoms with E-state index < -0.39 is 29.8 Å². The van der Waals surface area contributed by atoms with Crippen LogP contribution in [0.2, 0.25) is 0 Å². The number of carbonyl (C=O) groups is 3. The zero-order chi connectivity index (χ0) is 21.1. The van der Waals surface area contributed by atoms with Crippen LogP contribution in [0.4, 0.5) is 5.69 Å². The van der Waals surface area contributed by atoms with E-state index in [1.165, 1.54) is 4.90 Å². The lowest BCUT2D eigenvalue weighted by molar-refractivity contribution is -0.123. The van der Waals surface area contributed by atoms with E-state index in [1.54, 1.807) is 59.8 Å². The quantitative estimate of drug-likeness (QED) is 0.563. The van der Waals surface area contributed by atoms with Gasteiger partial charge in [0.25, 0.3) is 0 Å². The summed E-state index contributed by atoms with van der Waals surface area (Å²) in [6, 6.07) is 12.5. The fraction of sp³-hybridized carbons (Fsp3) is 0.217. The maximum atomic E-state index is 13.6. The van der Waals surface area contributed by atoms with Crippen molar-refractivity contribution >= 4 is 29.5 Å². The van der Waals surface area contributed by atoms with Gasteiger partial charge in [-0.1, -0.05) is 36.4 Å². The number of fused-ring (bicyclic) bond motifs is 4. The monoisotopic (exact) mass is 415 g/mol. The fourth-order valence-electron chi connectivity index (χ4n) is 4.89. The molecule has 4 aliphatic heterocycles. The van der Waals surface area contributed by atoms with Crippen molar-refractivity contribution in [2.24, 2.45) is 16.9 Å². The van der Waals surface area contributed by atoms with Gasteiger partial charge in [0, 0.05) is 17.8 Å². The number of ketones is 1. The van der Waals surface area contributed by atoms with Gasteiger partial charge in [-0.05, 0) is 18.2 Å². The third kappa shape index (κ3) is 2.48. The summed E-state index contributed by atoms with van der Waals surface area (Å²) in [7, 11) is 0. The van der Waals surface area contributed by atoms with Crippen molar-refractivity contribution in [1.29, 1.82) is 0 Å². The van der Waals surface area contributed by atoms with Crippen LogP contribution in [0.5, 0.6) is 11.5 Å². The van der Waals surface area contributed by atoms with Gasteiger partial charge in [0.05, 0.1) is 23.6 Å². The molecular weight excluding hydrogens is 398 g/mol.